The molecule has 0 spiro atoms. The van der Waals surface area contributed by atoms with E-state index in [0.29, 0.717) is 5.92 Å². The Morgan fingerprint density at radius 3 is 3.06 bits per heavy atom. The van der Waals surface area contributed by atoms with Crippen LogP contribution in [0.4, 0.5) is 0 Å². The largest absolute Gasteiger partial charge is 0.385 e. The lowest BCUT2D eigenvalue weighted by atomic mass is 9.79. The predicted molar refractivity (Wildman–Crippen MR) is 71.2 cm³/mol. The maximum Gasteiger partial charge on any atom is 0.0477 e. The molecular weight excluding hydrogens is 210 g/mol. The topological polar surface area (TPSA) is 35.2 Å². The fraction of sp³-hybridized carbons (Fsp3) is 0.600. The third-order valence-electron chi connectivity index (χ3n) is 3.77. The van der Waals surface area contributed by atoms with E-state index in [1.165, 1.54) is 30.4 Å². The minimum Gasteiger partial charge on any atom is -0.385 e. The highest BCUT2D eigenvalue weighted by Gasteiger charge is 2.21. The first-order chi connectivity index (χ1) is 8.31. The number of benzene rings is 1. The molecule has 2 atom stereocenters. The molecule has 0 bridgehead atoms. The van der Waals surface area contributed by atoms with Gasteiger partial charge < -0.3 is 10.5 Å². The van der Waals surface area contributed by atoms with Gasteiger partial charge in [-0.2, -0.15) is 0 Å². The molecule has 0 amide bonds. The minimum absolute atomic E-state index is 0.270. The van der Waals surface area contributed by atoms with Crippen LogP contribution in [0.15, 0.2) is 24.3 Å². The lowest BCUT2D eigenvalue weighted by Gasteiger charge is -2.27. The molecule has 0 heterocycles. The van der Waals surface area contributed by atoms with Crippen LogP contribution < -0.4 is 5.73 Å². The summed E-state index contributed by atoms with van der Waals surface area (Å²) in [6.45, 7) is 0.773. The van der Waals surface area contributed by atoms with Crippen molar-refractivity contribution in [3.05, 3.63) is 35.4 Å². The standard InChI is InChI=1S/C15H23NO/c1-17-10-9-14(16)11-13-7-4-6-12-5-2-3-8-15(12)13/h2-3,5,8,13-14H,4,6-7,9-11,16H2,1H3. The van der Waals surface area contributed by atoms with Crippen LogP contribution in [0.1, 0.15) is 42.7 Å². The molecule has 0 saturated carbocycles. The normalized spacial score (nSPS) is 20.9. The number of rotatable bonds is 5. The molecule has 0 radical (unpaired) electrons. The molecule has 1 aromatic carbocycles. The molecule has 1 aliphatic carbocycles. The maximum absolute atomic E-state index is 6.17. The summed E-state index contributed by atoms with van der Waals surface area (Å²) in [5.41, 5.74) is 9.23. The number of fused-ring (bicyclic) bond motifs is 1. The van der Waals surface area contributed by atoms with Crippen molar-refractivity contribution in [1.82, 2.24) is 0 Å². The molecule has 2 N–H and O–H groups in total. The minimum atomic E-state index is 0.270. The van der Waals surface area contributed by atoms with E-state index in [1.54, 1.807) is 7.11 Å². The summed E-state index contributed by atoms with van der Waals surface area (Å²) in [6, 6.07) is 9.11. The lowest BCUT2D eigenvalue weighted by Crippen LogP contribution is -2.26. The molecule has 94 valence electrons. The Kier molecular flexibility index (Phi) is 4.57. The van der Waals surface area contributed by atoms with Gasteiger partial charge in [0, 0.05) is 19.8 Å². The van der Waals surface area contributed by atoms with E-state index in [-0.39, 0.29) is 6.04 Å². The average molecular weight is 233 g/mol. The Hall–Kier alpha value is -0.860. The van der Waals surface area contributed by atoms with Gasteiger partial charge in [-0.25, -0.2) is 0 Å². The molecule has 17 heavy (non-hydrogen) atoms. The fourth-order valence-electron chi connectivity index (χ4n) is 2.85. The van der Waals surface area contributed by atoms with Gasteiger partial charge >= 0.3 is 0 Å². The van der Waals surface area contributed by atoms with Gasteiger partial charge in [0.2, 0.25) is 0 Å². The third-order valence-corrected chi connectivity index (χ3v) is 3.77. The van der Waals surface area contributed by atoms with Crippen LogP contribution in [0.3, 0.4) is 0 Å². The van der Waals surface area contributed by atoms with E-state index in [0.717, 1.165) is 19.4 Å². The van der Waals surface area contributed by atoms with Crippen molar-refractivity contribution < 1.29 is 4.74 Å². The zero-order chi connectivity index (χ0) is 12.1. The van der Waals surface area contributed by atoms with Gasteiger partial charge in [0.25, 0.3) is 0 Å². The molecule has 1 aromatic rings. The summed E-state index contributed by atoms with van der Waals surface area (Å²) in [6.07, 6.45) is 5.89. The Morgan fingerprint density at radius 1 is 1.41 bits per heavy atom. The predicted octanol–water partition coefficient (Wildman–Crippen LogP) is 2.86. The van der Waals surface area contributed by atoms with E-state index >= 15 is 0 Å². The van der Waals surface area contributed by atoms with Gasteiger partial charge in [-0.15, -0.1) is 0 Å². The number of ether oxygens (including phenoxy) is 1. The molecule has 1 aliphatic rings. The molecule has 2 heteroatoms. The molecule has 0 aromatic heterocycles. The van der Waals surface area contributed by atoms with Crippen LogP contribution in [-0.4, -0.2) is 19.8 Å². The summed E-state index contributed by atoms with van der Waals surface area (Å²) >= 11 is 0. The zero-order valence-electron chi connectivity index (χ0n) is 10.7. The van der Waals surface area contributed by atoms with Gasteiger partial charge in [-0.1, -0.05) is 24.3 Å². The molecular formula is C15H23NO. The summed E-state index contributed by atoms with van der Waals surface area (Å²) in [4.78, 5) is 0. The number of aryl methyl sites for hydroxylation is 1. The first kappa shape index (κ1) is 12.6. The summed E-state index contributed by atoms with van der Waals surface area (Å²) in [5, 5.41) is 0. The highest BCUT2D eigenvalue weighted by Crippen LogP contribution is 2.34. The van der Waals surface area contributed by atoms with Crippen LogP contribution in [0.5, 0.6) is 0 Å². The van der Waals surface area contributed by atoms with Gasteiger partial charge in [0.1, 0.15) is 0 Å². The molecule has 2 nitrogen and oxygen atoms in total. The second kappa shape index (κ2) is 6.18. The van der Waals surface area contributed by atoms with E-state index in [4.69, 9.17) is 10.5 Å². The quantitative estimate of drug-likeness (QED) is 0.848. The van der Waals surface area contributed by atoms with E-state index < -0.39 is 0 Å². The van der Waals surface area contributed by atoms with Crippen molar-refractivity contribution in [2.45, 2.75) is 44.1 Å². The highest BCUT2D eigenvalue weighted by atomic mass is 16.5. The first-order valence-electron chi connectivity index (χ1n) is 6.63. The monoisotopic (exact) mass is 233 g/mol. The zero-order valence-corrected chi connectivity index (χ0v) is 10.7. The summed E-state index contributed by atoms with van der Waals surface area (Å²) in [7, 11) is 1.74. The van der Waals surface area contributed by atoms with Gasteiger partial charge in [-0.3, -0.25) is 0 Å². The number of hydrogen-bond donors (Lipinski definition) is 1. The van der Waals surface area contributed by atoms with Crippen molar-refractivity contribution in [2.75, 3.05) is 13.7 Å². The fourth-order valence-corrected chi connectivity index (χ4v) is 2.85. The van der Waals surface area contributed by atoms with Crippen molar-refractivity contribution >= 4 is 0 Å². The lowest BCUT2D eigenvalue weighted by molar-refractivity contribution is 0.185. The summed E-state index contributed by atoms with van der Waals surface area (Å²) in [5.74, 6) is 0.659. The third kappa shape index (κ3) is 3.30. The first-order valence-corrected chi connectivity index (χ1v) is 6.63. The Bertz CT molecular complexity index is 351. The molecule has 0 saturated heterocycles. The van der Waals surface area contributed by atoms with E-state index in [1.807, 2.05) is 0 Å². The second-order valence-corrected chi connectivity index (χ2v) is 5.07. The SMILES string of the molecule is COCCC(N)CC1CCCc2ccccc21. The van der Waals surface area contributed by atoms with Gasteiger partial charge in [0.05, 0.1) is 0 Å². The average Bonchev–Trinajstić information content (AvgIpc) is 2.37. The van der Waals surface area contributed by atoms with Crippen LogP contribution in [0, 0.1) is 0 Å². The van der Waals surface area contributed by atoms with Crippen LogP contribution in [0.25, 0.3) is 0 Å². The Morgan fingerprint density at radius 2 is 2.24 bits per heavy atom. The van der Waals surface area contributed by atoms with Gasteiger partial charge in [0.15, 0.2) is 0 Å². The number of hydrogen-bond acceptors (Lipinski definition) is 2. The van der Waals surface area contributed by atoms with Crippen molar-refractivity contribution in [1.29, 1.82) is 0 Å². The van der Waals surface area contributed by atoms with E-state index in [9.17, 15) is 0 Å². The Balaban J connectivity index is 1.98. The van der Waals surface area contributed by atoms with Crippen LogP contribution >= 0.6 is 0 Å². The maximum atomic E-state index is 6.17. The van der Waals surface area contributed by atoms with Crippen LogP contribution in [0.2, 0.25) is 0 Å². The summed E-state index contributed by atoms with van der Waals surface area (Å²) < 4.78 is 5.09. The second-order valence-electron chi connectivity index (χ2n) is 5.07. The smallest absolute Gasteiger partial charge is 0.0477 e. The van der Waals surface area contributed by atoms with Crippen LogP contribution in [-0.2, 0) is 11.2 Å². The number of methoxy groups -OCH3 is 1. The van der Waals surface area contributed by atoms with Crippen molar-refractivity contribution in [2.24, 2.45) is 5.73 Å². The molecule has 0 fully saturated rings. The van der Waals surface area contributed by atoms with Crippen molar-refractivity contribution in [3.63, 3.8) is 0 Å². The van der Waals surface area contributed by atoms with Gasteiger partial charge in [-0.05, 0) is 49.1 Å². The Labute approximate surface area is 104 Å². The molecule has 2 unspecified atom stereocenters. The highest BCUT2D eigenvalue weighted by molar-refractivity contribution is 5.32. The molecule has 2 rings (SSSR count). The van der Waals surface area contributed by atoms with E-state index in [2.05, 4.69) is 24.3 Å². The number of nitrogens with two attached hydrogens (primary N) is 1. The molecule has 0 aliphatic heterocycles. The van der Waals surface area contributed by atoms with Crippen molar-refractivity contribution in [3.8, 4) is 0 Å².